The SMILES string of the molecule is O=C(O)C1=CC=C(Cl)[SH](Cc2ccccc2)[C@@H]1C(F)(F)F. The van der Waals surface area contributed by atoms with E-state index in [1.807, 2.05) is 0 Å². The van der Waals surface area contributed by atoms with Gasteiger partial charge in [0.15, 0.2) is 0 Å². The molecule has 1 aromatic rings. The van der Waals surface area contributed by atoms with Gasteiger partial charge < -0.3 is 5.11 Å². The molecule has 0 radical (unpaired) electrons. The molecule has 1 aliphatic rings. The number of benzene rings is 1. The van der Waals surface area contributed by atoms with Crippen LogP contribution in [0.4, 0.5) is 13.2 Å². The Hall–Kier alpha value is -1.40. The summed E-state index contributed by atoms with van der Waals surface area (Å²) in [6, 6.07) is 8.63. The lowest BCUT2D eigenvalue weighted by Gasteiger charge is -2.34. The van der Waals surface area contributed by atoms with E-state index in [0.29, 0.717) is 5.56 Å². The van der Waals surface area contributed by atoms with Crippen LogP contribution in [0.3, 0.4) is 0 Å². The Bertz CT molecular complexity index is 596. The second kappa shape index (κ2) is 6.15. The van der Waals surface area contributed by atoms with Gasteiger partial charge in [-0.2, -0.15) is 24.1 Å². The molecular formula is C14H12ClF3O2S. The van der Waals surface area contributed by atoms with Crippen molar-refractivity contribution in [3.05, 3.63) is 58.0 Å². The minimum absolute atomic E-state index is 0.0844. The maximum absolute atomic E-state index is 13.3. The molecule has 1 heterocycles. The topological polar surface area (TPSA) is 37.3 Å². The highest BCUT2D eigenvalue weighted by molar-refractivity contribution is 8.21. The van der Waals surface area contributed by atoms with Crippen molar-refractivity contribution >= 4 is 28.5 Å². The van der Waals surface area contributed by atoms with Gasteiger partial charge in [-0.1, -0.05) is 41.9 Å². The Morgan fingerprint density at radius 3 is 2.38 bits per heavy atom. The van der Waals surface area contributed by atoms with Crippen molar-refractivity contribution in [2.75, 3.05) is 0 Å². The van der Waals surface area contributed by atoms with Crippen LogP contribution in [0, 0.1) is 0 Å². The molecule has 2 nitrogen and oxygen atoms in total. The van der Waals surface area contributed by atoms with Crippen LogP contribution in [0.15, 0.2) is 52.4 Å². The molecule has 0 amide bonds. The first-order valence-electron chi connectivity index (χ1n) is 5.98. The second-order valence-electron chi connectivity index (χ2n) is 4.47. The molecule has 1 aromatic carbocycles. The number of rotatable bonds is 3. The highest BCUT2D eigenvalue weighted by Crippen LogP contribution is 2.55. The molecule has 114 valence electrons. The van der Waals surface area contributed by atoms with Gasteiger partial charge in [0.2, 0.25) is 0 Å². The molecule has 2 atom stereocenters. The molecule has 0 aliphatic carbocycles. The van der Waals surface area contributed by atoms with E-state index >= 15 is 0 Å². The lowest BCUT2D eigenvalue weighted by atomic mass is 10.1. The quantitative estimate of drug-likeness (QED) is 0.811. The van der Waals surface area contributed by atoms with Crippen molar-refractivity contribution in [2.45, 2.75) is 17.2 Å². The molecule has 2 rings (SSSR count). The van der Waals surface area contributed by atoms with Crippen molar-refractivity contribution < 1.29 is 23.1 Å². The summed E-state index contributed by atoms with van der Waals surface area (Å²) in [7, 11) is -1.88. The first kappa shape index (κ1) is 16.0. The Labute approximate surface area is 127 Å². The van der Waals surface area contributed by atoms with E-state index in [2.05, 4.69) is 0 Å². The number of allylic oxidation sites excluding steroid dienone is 2. The molecule has 1 unspecified atom stereocenters. The van der Waals surface area contributed by atoms with Crippen molar-refractivity contribution in [3.63, 3.8) is 0 Å². The summed E-state index contributed by atoms with van der Waals surface area (Å²) in [5.74, 6) is -1.46. The van der Waals surface area contributed by atoms with Crippen molar-refractivity contribution in [1.82, 2.24) is 0 Å². The normalized spacial score (nSPS) is 24.2. The van der Waals surface area contributed by atoms with Gasteiger partial charge in [-0.05, 0) is 17.7 Å². The van der Waals surface area contributed by atoms with Crippen LogP contribution in [0.25, 0.3) is 0 Å². The van der Waals surface area contributed by atoms with Crippen molar-refractivity contribution in [1.29, 1.82) is 0 Å². The van der Waals surface area contributed by atoms with E-state index < -0.39 is 33.9 Å². The van der Waals surface area contributed by atoms with Gasteiger partial charge in [0, 0.05) is 5.75 Å². The third kappa shape index (κ3) is 3.63. The van der Waals surface area contributed by atoms with Crippen LogP contribution < -0.4 is 0 Å². The first-order valence-corrected chi connectivity index (χ1v) is 7.96. The van der Waals surface area contributed by atoms with E-state index in [9.17, 15) is 18.0 Å². The Kier molecular flexibility index (Phi) is 4.68. The van der Waals surface area contributed by atoms with Crippen LogP contribution in [-0.2, 0) is 10.5 Å². The van der Waals surface area contributed by atoms with Crippen LogP contribution in [-0.4, -0.2) is 22.5 Å². The molecule has 0 bridgehead atoms. The smallest absolute Gasteiger partial charge is 0.403 e. The van der Waals surface area contributed by atoms with Crippen molar-refractivity contribution in [3.8, 4) is 0 Å². The number of hydrogen-bond acceptors (Lipinski definition) is 1. The summed E-state index contributed by atoms with van der Waals surface area (Å²) in [6.07, 6.45) is -2.42. The summed E-state index contributed by atoms with van der Waals surface area (Å²) >= 11 is 5.96. The number of alkyl halides is 3. The summed E-state index contributed by atoms with van der Waals surface area (Å²) in [5.41, 5.74) is 0.0602. The van der Waals surface area contributed by atoms with Gasteiger partial charge in [-0.15, -0.1) is 0 Å². The molecule has 7 heteroatoms. The minimum Gasteiger partial charge on any atom is -0.478 e. The molecule has 0 saturated heterocycles. The zero-order chi connectivity index (χ0) is 15.6. The molecule has 0 fully saturated rings. The Morgan fingerprint density at radius 2 is 1.86 bits per heavy atom. The van der Waals surface area contributed by atoms with Crippen molar-refractivity contribution in [2.24, 2.45) is 0 Å². The van der Waals surface area contributed by atoms with Crippen LogP contribution in [0.2, 0.25) is 0 Å². The molecule has 0 saturated carbocycles. The molecule has 0 spiro atoms. The number of aliphatic carboxylic acids is 1. The average Bonchev–Trinajstić information content (AvgIpc) is 2.40. The summed E-state index contributed by atoms with van der Waals surface area (Å²) in [4.78, 5) is 11.1. The van der Waals surface area contributed by atoms with Gasteiger partial charge >= 0.3 is 12.1 Å². The first-order chi connectivity index (χ1) is 9.80. The third-order valence-electron chi connectivity index (χ3n) is 3.03. The maximum Gasteiger partial charge on any atom is 0.403 e. The monoisotopic (exact) mass is 336 g/mol. The Balaban J connectivity index is 2.39. The molecule has 1 aliphatic heterocycles. The average molecular weight is 337 g/mol. The van der Waals surface area contributed by atoms with E-state index in [0.717, 1.165) is 6.08 Å². The van der Waals surface area contributed by atoms with Crippen LogP contribution >= 0.6 is 22.5 Å². The van der Waals surface area contributed by atoms with Gasteiger partial charge in [-0.25, -0.2) is 4.79 Å². The number of hydrogen-bond donors (Lipinski definition) is 2. The summed E-state index contributed by atoms with van der Waals surface area (Å²) in [5, 5.41) is 6.97. The lowest BCUT2D eigenvalue weighted by molar-refractivity contribution is -0.140. The predicted molar refractivity (Wildman–Crippen MR) is 78.6 cm³/mol. The second-order valence-corrected chi connectivity index (χ2v) is 7.40. The lowest BCUT2D eigenvalue weighted by Crippen LogP contribution is -2.35. The van der Waals surface area contributed by atoms with Gasteiger partial charge in [0.1, 0.15) is 5.25 Å². The van der Waals surface area contributed by atoms with Gasteiger partial charge in [0.05, 0.1) is 9.94 Å². The van der Waals surface area contributed by atoms with Gasteiger partial charge in [-0.3, -0.25) is 0 Å². The van der Waals surface area contributed by atoms with E-state index in [1.165, 1.54) is 6.08 Å². The van der Waals surface area contributed by atoms with E-state index in [4.69, 9.17) is 16.7 Å². The van der Waals surface area contributed by atoms with Crippen LogP contribution in [0.1, 0.15) is 5.56 Å². The number of carboxylic acid groups (broad SMARTS) is 1. The van der Waals surface area contributed by atoms with Crippen LogP contribution in [0.5, 0.6) is 0 Å². The minimum atomic E-state index is -4.64. The zero-order valence-corrected chi connectivity index (χ0v) is 12.3. The number of carboxylic acids is 1. The van der Waals surface area contributed by atoms with E-state index in [-0.39, 0.29) is 10.1 Å². The number of carbonyl (C=O) groups is 1. The number of halogens is 4. The Morgan fingerprint density at radius 1 is 1.24 bits per heavy atom. The molecule has 21 heavy (non-hydrogen) atoms. The fraction of sp³-hybridized carbons (Fsp3) is 0.214. The summed E-state index contributed by atoms with van der Waals surface area (Å²) in [6.45, 7) is 0. The van der Waals surface area contributed by atoms with Gasteiger partial charge in [0.25, 0.3) is 0 Å². The third-order valence-corrected chi connectivity index (χ3v) is 6.41. The highest BCUT2D eigenvalue weighted by Gasteiger charge is 2.49. The predicted octanol–water partition coefficient (Wildman–Crippen LogP) is 4.22. The fourth-order valence-corrected chi connectivity index (χ4v) is 5.00. The zero-order valence-electron chi connectivity index (χ0n) is 10.6. The molecular weight excluding hydrogens is 325 g/mol. The standard InChI is InChI=1S/C14H12ClF3O2S/c15-11-7-6-10(13(19)20)12(14(16,17)18)21(11)8-9-4-2-1-3-5-9/h1-7,12,21H,8H2,(H,19,20)/t12-/m0/s1. The fourth-order valence-electron chi connectivity index (χ4n) is 2.12. The van der Waals surface area contributed by atoms with E-state index in [1.54, 1.807) is 30.3 Å². The molecule has 0 aromatic heterocycles. The largest absolute Gasteiger partial charge is 0.478 e. The summed E-state index contributed by atoms with van der Waals surface area (Å²) < 4.78 is 40.0. The molecule has 1 N–H and O–H groups in total. The number of thiol groups is 1. The maximum atomic E-state index is 13.3. The highest BCUT2D eigenvalue weighted by atomic mass is 35.5.